The van der Waals surface area contributed by atoms with Crippen LogP contribution in [-0.4, -0.2) is 63.8 Å². The lowest BCUT2D eigenvalue weighted by Gasteiger charge is -2.44. The Labute approximate surface area is 164 Å². The van der Waals surface area contributed by atoms with Crippen molar-refractivity contribution in [1.29, 1.82) is 0 Å². The lowest BCUT2D eigenvalue weighted by atomic mass is 9.89. The Morgan fingerprint density at radius 1 is 1.14 bits per heavy atom. The Balaban J connectivity index is 1.19. The number of para-hydroxylation sites is 2. The first-order chi connectivity index (χ1) is 13.6. The molecule has 3 aliphatic heterocycles. The van der Waals surface area contributed by atoms with Crippen LogP contribution >= 0.6 is 0 Å². The first kappa shape index (κ1) is 17.8. The fourth-order valence-electron chi connectivity index (χ4n) is 5.59. The quantitative estimate of drug-likeness (QED) is 0.880. The van der Waals surface area contributed by atoms with Crippen molar-refractivity contribution in [1.82, 2.24) is 19.4 Å². The van der Waals surface area contributed by atoms with E-state index in [0.29, 0.717) is 24.6 Å². The normalized spacial score (nSPS) is 27.9. The fraction of sp³-hybridized carbons (Fsp3) is 0.619. The van der Waals surface area contributed by atoms with Crippen molar-refractivity contribution in [3.8, 4) is 0 Å². The SMILES string of the molecule is CCOC(=O)N1[C@@H]2CC[C@H]1CC(CN1CC(n3c(=O)[nH]c4ccccc43)C1)C2. The van der Waals surface area contributed by atoms with Gasteiger partial charge in [-0.05, 0) is 50.7 Å². The largest absolute Gasteiger partial charge is 0.450 e. The highest BCUT2D eigenvalue weighted by Crippen LogP contribution is 2.40. The first-order valence-electron chi connectivity index (χ1n) is 10.5. The summed E-state index contributed by atoms with van der Waals surface area (Å²) in [6.07, 6.45) is 4.23. The van der Waals surface area contributed by atoms with Crippen LogP contribution in [0.2, 0.25) is 0 Å². The molecule has 150 valence electrons. The fourth-order valence-corrected chi connectivity index (χ4v) is 5.59. The van der Waals surface area contributed by atoms with Crippen LogP contribution in [0.5, 0.6) is 0 Å². The van der Waals surface area contributed by atoms with E-state index in [4.69, 9.17) is 4.74 Å². The maximum absolute atomic E-state index is 12.4. The number of aromatic nitrogens is 2. The number of rotatable bonds is 4. The molecule has 1 N–H and O–H groups in total. The molecular formula is C21H28N4O3. The van der Waals surface area contributed by atoms with Gasteiger partial charge >= 0.3 is 11.8 Å². The molecule has 0 aliphatic carbocycles. The van der Waals surface area contributed by atoms with Crippen LogP contribution in [-0.2, 0) is 4.74 Å². The van der Waals surface area contributed by atoms with Crippen LogP contribution in [0, 0.1) is 5.92 Å². The second-order valence-corrected chi connectivity index (χ2v) is 8.52. The van der Waals surface area contributed by atoms with Crippen LogP contribution in [0.1, 0.15) is 38.6 Å². The van der Waals surface area contributed by atoms with Crippen molar-refractivity contribution in [2.45, 2.75) is 50.7 Å². The Kier molecular flexibility index (Phi) is 4.42. The van der Waals surface area contributed by atoms with E-state index >= 15 is 0 Å². The molecule has 28 heavy (non-hydrogen) atoms. The van der Waals surface area contributed by atoms with Gasteiger partial charge in [-0.25, -0.2) is 9.59 Å². The number of carbonyl (C=O) groups is 1. The molecule has 0 radical (unpaired) electrons. The lowest BCUT2D eigenvalue weighted by molar-refractivity contribution is 0.0351. The van der Waals surface area contributed by atoms with E-state index in [1.54, 1.807) is 0 Å². The molecule has 5 rings (SSSR count). The van der Waals surface area contributed by atoms with E-state index < -0.39 is 0 Å². The molecule has 4 heterocycles. The molecule has 3 saturated heterocycles. The number of likely N-dealkylation sites (tertiary alicyclic amines) is 1. The smallest absolute Gasteiger partial charge is 0.410 e. The predicted molar refractivity (Wildman–Crippen MR) is 106 cm³/mol. The standard InChI is InChI=1S/C21H28N4O3/c1-2-28-21(27)24-15-7-8-16(24)10-14(9-15)11-23-12-17(13-23)25-19-6-4-3-5-18(19)22-20(25)26/h3-6,14-17H,2,7-13H2,1H3,(H,22,26)/t14?,15-,16+. The molecule has 3 atom stereocenters. The molecule has 3 fully saturated rings. The number of aromatic amines is 1. The summed E-state index contributed by atoms with van der Waals surface area (Å²) in [4.78, 5) is 32.0. The van der Waals surface area contributed by atoms with E-state index in [2.05, 4.69) is 9.88 Å². The molecule has 2 aromatic rings. The average Bonchev–Trinajstić information content (AvgIpc) is 3.11. The molecule has 0 spiro atoms. The van der Waals surface area contributed by atoms with Crippen LogP contribution in [0.25, 0.3) is 11.0 Å². The van der Waals surface area contributed by atoms with Gasteiger partial charge in [0, 0.05) is 31.7 Å². The van der Waals surface area contributed by atoms with Crippen molar-refractivity contribution in [3.63, 3.8) is 0 Å². The highest BCUT2D eigenvalue weighted by molar-refractivity contribution is 5.75. The summed E-state index contributed by atoms with van der Waals surface area (Å²) >= 11 is 0. The number of nitrogens with zero attached hydrogens (tertiary/aromatic N) is 3. The van der Waals surface area contributed by atoms with Crippen molar-refractivity contribution in [3.05, 3.63) is 34.7 Å². The molecule has 2 bridgehead atoms. The second-order valence-electron chi connectivity index (χ2n) is 8.52. The summed E-state index contributed by atoms with van der Waals surface area (Å²) in [5.41, 5.74) is 1.90. The van der Waals surface area contributed by atoms with E-state index in [-0.39, 0.29) is 17.8 Å². The number of piperidine rings is 1. The van der Waals surface area contributed by atoms with Gasteiger partial charge < -0.3 is 14.6 Å². The van der Waals surface area contributed by atoms with Crippen molar-refractivity contribution in [2.24, 2.45) is 5.92 Å². The van der Waals surface area contributed by atoms with Gasteiger partial charge in [-0.15, -0.1) is 0 Å². The minimum atomic E-state index is -0.129. The number of carbonyl (C=O) groups excluding carboxylic acids is 1. The monoisotopic (exact) mass is 384 g/mol. The minimum Gasteiger partial charge on any atom is -0.450 e. The molecule has 0 saturated carbocycles. The van der Waals surface area contributed by atoms with E-state index in [9.17, 15) is 9.59 Å². The Bertz CT molecular complexity index is 915. The van der Waals surface area contributed by atoms with Gasteiger partial charge in [-0.2, -0.15) is 0 Å². The molecule has 1 aromatic carbocycles. The zero-order chi connectivity index (χ0) is 19.3. The van der Waals surface area contributed by atoms with E-state index in [0.717, 1.165) is 56.4 Å². The lowest BCUT2D eigenvalue weighted by Crippen LogP contribution is -2.54. The first-order valence-corrected chi connectivity index (χ1v) is 10.5. The van der Waals surface area contributed by atoms with Gasteiger partial charge in [0.15, 0.2) is 0 Å². The number of fused-ring (bicyclic) bond motifs is 3. The van der Waals surface area contributed by atoms with Crippen LogP contribution in [0.15, 0.2) is 29.1 Å². The molecule has 1 aromatic heterocycles. The van der Waals surface area contributed by atoms with Gasteiger partial charge in [-0.3, -0.25) is 9.47 Å². The van der Waals surface area contributed by atoms with Gasteiger partial charge in [0.1, 0.15) is 0 Å². The van der Waals surface area contributed by atoms with Gasteiger partial charge in [-0.1, -0.05) is 12.1 Å². The number of imidazole rings is 1. The number of hydrogen-bond acceptors (Lipinski definition) is 4. The maximum Gasteiger partial charge on any atom is 0.410 e. The van der Waals surface area contributed by atoms with Crippen LogP contribution in [0.4, 0.5) is 4.79 Å². The number of hydrogen-bond donors (Lipinski definition) is 1. The summed E-state index contributed by atoms with van der Waals surface area (Å²) < 4.78 is 7.17. The zero-order valence-electron chi connectivity index (χ0n) is 16.3. The summed E-state index contributed by atoms with van der Waals surface area (Å²) in [6, 6.07) is 8.84. The topological polar surface area (TPSA) is 70.6 Å². The van der Waals surface area contributed by atoms with E-state index in [1.807, 2.05) is 40.7 Å². The summed E-state index contributed by atoms with van der Waals surface area (Å²) in [5, 5.41) is 0. The Morgan fingerprint density at radius 3 is 2.57 bits per heavy atom. The number of benzene rings is 1. The van der Waals surface area contributed by atoms with E-state index in [1.165, 1.54) is 0 Å². The molecule has 1 unspecified atom stereocenters. The van der Waals surface area contributed by atoms with Gasteiger partial charge in [0.05, 0.1) is 23.7 Å². The van der Waals surface area contributed by atoms with Gasteiger partial charge in [0.25, 0.3) is 0 Å². The third-order valence-corrected chi connectivity index (χ3v) is 6.75. The van der Waals surface area contributed by atoms with Crippen molar-refractivity contribution >= 4 is 17.1 Å². The number of ether oxygens (including phenoxy) is 1. The Hall–Kier alpha value is -2.28. The third kappa shape index (κ3) is 2.92. The molecule has 3 aliphatic rings. The number of amides is 1. The summed E-state index contributed by atoms with van der Waals surface area (Å²) in [5.74, 6) is 0.629. The number of nitrogens with one attached hydrogen (secondary N) is 1. The zero-order valence-corrected chi connectivity index (χ0v) is 16.3. The molecule has 1 amide bonds. The summed E-state index contributed by atoms with van der Waals surface area (Å²) in [6.45, 7) is 5.23. The average molecular weight is 384 g/mol. The highest BCUT2D eigenvalue weighted by Gasteiger charge is 2.45. The maximum atomic E-state index is 12.4. The number of H-pyrrole nitrogens is 1. The van der Waals surface area contributed by atoms with Crippen molar-refractivity contribution in [2.75, 3.05) is 26.2 Å². The summed E-state index contributed by atoms with van der Waals surface area (Å²) in [7, 11) is 0. The van der Waals surface area contributed by atoms with Crippen LogP contribution in [0.3, 0.4) is 0 Å². The Morgan fingerprint density at radius 2 is 1.86 bits per heavy atom. The molecule has 7 nitrogen and oxygen atoms in total. The third-order valence-electron chi connectivity index (χ3n) is 6.75. The molecule has 7 heteroatoms. The van der Waals surface area contributed by atoms with Crippen LogP contribution < -0.4 is 5.69 Å². The highest BCUT2D eigenvalue weighted by atomic mass is 16.6. The minimum absolute atomic E-state index is 0.00774. The molecular weight excluding hydrogens is 356 g/mol. The van der Waals surface area contributed by atoms with Crippen molar-refractivity contribution < 1.29 is 9.53 Å². The van der Waals surface area contributed by atoms with Gasteiger partial charge in [0.2, 0.25) is 0 Å². The predicted octanol–water partition coefficient (Wildman–Crippen LogP) is 2.59. The second kappa shape index (κ2) is 6.95.